The quantitative estimate of drug-likeness (QED) is 0.501. The standard InChI is InChI=1S/C19H19N5O4S/c1-4-8-28-19(27)14(10-20)18-24(5-2)17(26)15(29-18)11-22-13-6-7-21-16(9-13)23-12(3)25/h4,6-7,9,11H,1,5,8H2,2-3H3,(H2,21,22,23,25). The number of nitrogens with one attached hydrogen (secondary N) is 2. The van der Waals surface area contributed by atoms with Gasteiger partial charge in [-0.25, -0.2) is 9.78 Å². The first-order chi connectivity index (χ1) is 13.9. The predicted molar refractivity (Wildman–Crippen MR) is 110 cm³/mol. The molecule has 2 heterocycles. The van der Waals surface area contributed by atoms with Crippen LogP contribution < -0.4 is 25.4 Å². The topological polar surface area (TPSA) is 126 Å². The number of esters is 1. The second-order valence-corrected chi connectivity index (χ2v) is 6.63. The van der Waals surface area contributed by atoms with Gasteiger partial charge in [-0.2, -0.15) is 5.26 Å². The Bertz CT molecular complexity index is 1160. The van der Waals surface area contributed by atoms with E-state index in [1.807, 2.05) is 6.07 Å². The van der Waals surface area contributed by atoms with Crippen LogP contribution in [0.1, 0.15) is 13.8 Å². The number of carbonyl (C=O) groups excluding carboxylic acids is 2. The highest BCUT2D eigenvalue weighted by Gasteiger charge is 2.16. The Kier molecular flexibility index (Phi) is 7.45. The molecule has 0 aliphatic heterocycles. The van der Waals surface area contributed by atoms with Crippen LogP contribution in [0.4, 0.5) is 11.5 Å². The molecule has 0 saturated carbocycles. The van der Waals surface area contributed by atoms with Gasteiger partial charge in [0, 0.05) is 37.6 Å². The highest BCUT2D eigenvalue weighted by Crippen LogP contribution is 2.11. The molecular formula is C19H19N5O4S. The third kappa shape index (κ3) is 5.40. The maximum atomic E-state index is 12.7. The Morgan fingerprint density at radius 1 is 1.48 bits per heavy atom. The predicted octanol–water partition coefficient (Wildman–Crippen LogP) is 0.537. The van der Waals surface area contributed by atoms with Crippen LogP contribution in [-0.4, -0.2) is 28.0 Å². The van der Waals surface area contributed by atoms with E-state index in [0.717, 1.165) is 11.3 Å². The summed E-state index contributed by atoms with van der Waals surface area (Å²) in [4.78, 5) is 39.9. The van der Waals surface area contributed by atoms with E-state index in [9.17, 15) is 19.6 Å². The van der Waals surface area contributed by atoms with Gasteiger partial charge in [0.2, 0.25) is 5.91 Å². The summed E-state index contributed by atoms with van der Waals surface area (Å²) in [5.74, 6) is -0.710. The Morgan fingerprint density at radius 3 is 2.86 bits per heavy atom. The van der Waals surface area contributed by atoms with E-state index in [1.54, 1.807) is 19.1 Å². The van der Waals surface area contributed by atoms with E-state index in [4.69, 9.17) is 4.74 Å². The van der Waals surface area contributed by atoms with Crippen LogP contribution in [0, 0.1) is 11.3 Å². The summed E-state index contributed by atoms with van der Waals surface area (Å²) in [6.45, 7) is 6.81. The molecule has 2 aromatic heterocycles. The number of hydrogen-bond acceptors (Lipinski definition) is 8. The minimum Gasteiger partial charge on any atom is -0.457 e. The molecular weight excluding hydrogens is 394 g/mol. The Labute approximate surface area is 170 Å². The number of nitriles is 1. The number of aromatic nitrogens is 2. The summed E-state index contributed by atoms with van der Waals surface area (Å²) < 4.78 is 6.78. The van der Waals surface area contributed by atoms with Crippen LogP contribution in [0.5, 0.6) is 0 Å². The molecule has 0 aliphatic carbocycles. The number of carbonyl (C=O) groups is 2. The van der Waals surface area contributed by atoms with Gasteiger partial charge < -0.3 is 15.4 Å². The molecule has 0 aliphatic rings. The molecule has 0 unspecified atom stereocenters. The van der Waals surface area contributed by atoms with Crippen LogP contribution in [0.2, 0.25) is 0 Å². The minimum absolute atomic E-state index is 0.0367. The lowest BCUT2D eigenvalue weighted by atomic mass is 10.3. The number of nitrogens with zero attached hydrogens (tertiary/aromatic N) is 3. The van der Waals surface area contributed by atoms with Crippen LogP contribution in [-0.2, 0) is 20.9 Å². The number of ether oxygens (including phenoxy) is 1. The van der Waals surface area contributed by atoms with Gasteiger partial charge in [-0.1, -0.05) is 12.7 Å². The fourth-order valence-electron chi connectivity index (χ4n) is 2.30. The molecule has 1 amide bonds. The van der Waals surface area contributed by atoms with Crippen molar-refractivity contribution >= 4 is 46.5 Å². The van der Waals surface area contributed by atoms with E-state index in [1.165, 1.54) is 30.0 Å². The molecule has 0 fully saturated rings. The maximum absolute atomic E-state index is 12.7. The average molecular weight is 413 g/mol. The number of amides is 1. The third-order valence-corrected chi connectivity index (χ3v) is 4.65. The van der Waals surface area contributed by atoms with E-state index in [0.29, 0.717) is 16.0 Å². The fraction of sp³-hybridized carbons (Fsp3) is 0.211. The summed E-state index contributed by atoms with van der Waals surface area (Å²) >= 11 is 1.00. The van der Waals surface area contributed by atoms with Gasteiger partial charge in [0.15, 0.2) is 5.57 Å². The number of pyridine rings is 1. The lowest BCUT2D eigenvalue weighted by Crippen LogP contribution is -2.32. The first-order valence-corrected chi connectivity index (χ1v) is 9.35. The van der Waals surface area contributed by atoms with E-state index >= 15 is 0 Å². The van der Waals surface area contributed by atoms with Crippen molar-refractivity contribution in [1.29, 1.82) is 5.26 Å². The lowest BCUT2D eigenvalue weighted by Gasteiger charge is -2.03. The zero-order chi connectivity index (χ0) is 21.4. The van der Waals surface area contributed by atoms with Gasteiger partial charge in [0.05, 0.1) is 0 Å². The first kappa shape index (κ1) is 21.6. The molecule has 29 heavy (non-hydrogen) atoms. The minimum atomic E-state index is -0.815. The lowest BCUT2D eigenvalue weighted by molar-refractivity contribution is -0.135. The van der Waals surface area contributed by atoms with Crippen molar-refractivity contribution in [2.24, 2.45) is 0 Å². The van der Waals surface area contributed by atoms with Crippen molar-refractivity contribution < 1.29 is 14.3 Å². The van der Waals surface area contributed by atoms with Crippen molar-refractivity contribution in [3.8, 4) is 6.07 Å². The highest BCUT2D eigenvalue weighted by molar-refractivity contribution is 7.07. The van der Waals surface area contributed by atoms with Gasteiger partial charge in [-0.15, -0.1) is 11.3 Å². The monoisotopic (exact) mass is 413 g/mol. The molecule has 10 heteroatoms. The Hall–Kier alpha value is -3.71. The van der Waals surface area contributed by atoms with E-state index in [2.05, 4.69) is 22.2 Å². The molecule has 2 aromatic rings. The summed E-state index contributed by atoms with van der Waals surface area (Å²) in [6, 6.07) is 5.08. The Balaban J connectivity index is 2.48. The summed E-state index contributed by atoms with van der Waals surface area (Å²) in [5.41, 5.74) is 0.00347. The fourth-order valence-corrected chi connectivity index (χ4v) is 3.37. The molecule has 0 spiro atoms. The molecule has 0 radical (unpaired) electrons. The molecule has 9 nitrogen and oxygen atoms in total. The van der Waals surface area contributed by atoms with Crippen molar-refractivity contribution in [3.63, 3.8) is 0 Å². The van der Waals surface area contributed by atoms with Crippen molar-refractivity contribution in [1.82, 2.24) is 9.55 Å². The van der Waals surface area contributed by atoms with E-state index < -0.39 is 5.97 Å². The molecule has 0 saturated heterocycles. The maximum Gasteiger partial charge on any atom is 0.352 e. The normalized spacial score (nSPS) is 12.0. The summed E-state index contributed by atoms with van der Waals surface area (Å²) in [7, 11) is 0. The van der Waals surface area contributed by atoms with Crippen LogP contribution in [0.15, 0.2) is 35.8 Å². The van der Waals surface area contributed by atoms with Crippen LogP contribution >= 0.6 is 11.3 Å². The highest BCUT2D eigenvalue weighted by atomic mass is 32.1. The average Bonchev–Trinajstić information content (AvgIpc) is 3.00. The zero-order valence-corrected chi connectivity index (χ0v) is 16.7. The molecule has 2 rings (SSSR count). The smallest absolute Gasteiger partial charge is 0.352 e. The van der Waals surface area contributed by atoms with Gasteiger partial charge in [-0.3, -0.25) is 14.2 Å². The van der Waals surface area contributed by atoms with Crippen molar-refractivity contribution in [3.05, 3.63) is 50.5 Å². The van der Waals surface area contributed by atoms with Crippen molar-refractivity contribution in [2.45, 2.75) is 20.4 Å². The molecule has 0 bridgehead atoms. The number of hydrogen-bond donors (Lipinski definition) is 2. The molecule has 2 N–H and O–H groups in total. The van der Waals surface area contributed by atoms with Crippen molar-refractivity contribution in [2.75, 3.05) is 17.2 Å². The number of rotatable bonds is 7. The summed E-state index contributed by atoms with van der Waals surface area (Å²) in [5, 5.41) is 14.9. The SMILES string of the molecule is C=CCOC(=O)C(C#N)=c1sc(=CNc2ccnc(NC(C)=O)c2)c(=O)n1CC. The Morgan fingerprint density at radius 2 is 2.24 bits per heavy atom. The number of anilines is 2. The van der Waals surface area contributed by atoms with Gasteiger partial charge in [0.1, 0.15) is 27.7 Å². The summed E-state index contributed by atoms with van der Waals surface area (Å²) in [6.07, 6.45) is 4.36. The van der Waals surface area contributed by atoms with Gasteiger partial charge in [-0.05, 0) is 13.0 Å². The molecule has 0 atom stereocenters. The third-order valence-electron chi connectivity index (χ3n) is 3.52. The van der Waals surface area contributed by atoms with Crippen LogP contribution in [0.3, 0.4) is 0 Å². The molecule has 150 valence electrons. The molecule has 0 aromatic carbocycles. The first-order valence-electron chi connectivity index (χ1n) is 8.53. The zero-order valence-electron chi connectivity index (χ0n) is 15.9. The number of thiazole rings is 1. The largest absolute Gasteiger partial charge is 0.457 e. The second-order valence-electron chi connectivity index (χ2n) is 5.59. The van der Waals surface area contributed by atoms with Crippen LogP contribution in [0.25, 0.3) is 11.8 Å². The van der Waals surface area contributed by atoms with Gasteiger partial charge in [0.25, 0.3) is 5.56 Å². The van der Waals surface area contributed by atoms with Gasteiger partial charge >= 0.3 is 5.97 Å². The second kappa shape index (κ2) is 10.0. The van der Waals surface area contributed by atoms with E-state index in [-0.39, 0.29) is 34.9 Å².